The minimum absolute atomic E-state index is 0.0496. The zero-order chi connectivity index (χ0) is 14.4. The summed E-state index contributed by atoms with van der Waals surface area (Å²) in [7, 11) is 1.68. The molecule has 0 amide bonds. The Morgan fingerprint density at radius 3 is 2.70 bits per heavy atom. The van der Waals surface area contributed by atoms with Crippen LogP contribution in [0, 0.1) is 5.82 Å². The van der Waals surface area contributed by atoms with Crippen molar-refractivity contribution in [3.8, 4) is 0 Å². The molecule has 4 heteroatoms. The number of hydrogen-bond donors (Lipinski definition) is 1. The first-order valence-electron chi connectivity index (χ1n) is 6.69. The van der Waals surface area contributed by atoms with Gasteiger partial charge in [-0.1, -0.05) is 25.1 Å². The second-order valence-corrected chi connectivity index (χ2v) is 4.60. The van der Waals surface area contributed by atoms with Gasteiger partial charge in [0.25, 0.3) is 0 Å². The van der Waals surface area contributed by atoms with E-state index in [2.05, 4.69) is 17.2 Å². The summed E-state index contributed by atoms with van der Waals surface area (Å²) < 4.78 is 18.1. The normalized spacial score (nSPS) is 12.2. The highest BCUT2D eigenvalue weighted by molar-refractivity contribution is 5.52. The average Bonchev–Trinajstić information content (AvgIpc) is 2.48. The molecule has 1 atom stereocenters. The van der Waals surface area contributed by atoms with E-state index in [0.717, 1.165) is 23.4 Å². The highest BCUT2D eigenvalue weighted by Gasteiger charge is 2.12. The maximum atomic E-state index is 12.9. The van der Waals surface area contributed by atoms with Crippen LogP contribution in [0.4, 0.5) is 10.1 Å². The molecule has 1 aromatic heterocycles. The smallest absolute Gasteiger partial charge is 0.141 e. The SMILES string of the molecule is CCC(Nc1ccccc1COC)c1ccc(F)cn1. The van der Waals surface area contributed by atoms with Gasteiger partial charge >= 0.3 is 0 Å². The minimum Gasteiger partial charge on any atom is -0.380 e. The van der Waals surface area contributed by atoms with E-state index in [0.29, 0.717) is 6.61 Å². The van der Waals surface area contributed by atoms with Gasteiger partial charge < -0.3 is 10.1 Å². The lowest BCUT2D eigenvalue weighted by Crippen LogP contribution is -2.13. The number of hydrogen-bond acceptors (Lipinski definition) is 3. The van der Waals surface area contributed by atoms with E-state index >= 15 is 0 Å². The highest BCUT2D eigenvalue weighted by atomic mass is 19.1. The number of pyridine rings is 1. The lowest BCUT2D eigenvalue weighted by Gasteiger charge is -2.20. The molecule has 3 nitrogen and oxygen atoms in total. The van der Waals surface area contributed by atoms with Crippen LogP contribution in [0.3, 0.4) is 0 Å². The van der Waals surface area contributed by atoms with Crippen molar-refractivity contribution in [2.75, 3.05) is 12.4 Å². The van der Waals surface area contributed by atoms with E-state index in [1.54, 1.807) is 13.2 Å². The van der Waals surface area contributed by atoms with E-state index in [1.807, 2.05) is 24.3 Å². The van der Waals surface area contributed by atoms with Gasteiger partial charge in [-0.15, -0.1) is 0 Å². The van der Waals surface area contributed by atoms with Crippen LogP contribution >= 0.6 is 0 Å². The molecular weight excluding hydrogens is 255 g/mol. The molecule has 0 aliphatic rings. The third kappa shape index (κ3) is 3.54. The van der Waals surface area contributed by atoms with Crippen molar-refractivity contribution in [3.05, 3.63) is 59.7 Å². The van der Waals surface area contributed by atoms with Gasteiger partial charge in [-0.3, -0.25) is 4.98 Å². The third-order valence-electron chi connectivity index (χ3n) is 3.16. The van der Waals surface area contributed by atoms with Gasteiger partial charge in [0.05, 0.1) is 24.5 Å². The Balaban J connectivity index is 2.20. The zero-order valence-electron chi connectivity index (χ0n) is 11.8. The number of para-hydroxylation sites is 1. The van der Waals surface area contributed by atoms with Crippen molar-refractivity contribution in [2.45, 2.75) is 26.0 Å². The van der Waals surface area contributed by atoms with Gasteiger partial charge in [-0.2, -0.15) is 0 Å². The minimum atomic E-state index is -0.316. The molecule has 1 heterocycles. The van der Waals surface area contributed by atoms with E-state index in [9.17, 15) is 4.39 Å². The fourth-order valence-corrected chi connectivity index (χ4v) is 2.11. The van der Waals surface area contributed by atoms with Crippen molar-refractivity contribution >= 4 is 5.69 Å². The van der Waals surface area contributed by atoms with E-state index in [4.69, 9.17) is 4.74 Å². The van der Waals surface area contributed by atoms with Crippen molar-refractivity contribution < 1.29 is 9.13 Å². The Kier molecular flexibility index (Phi) is 5.07. The van der Waals surface area contributed by atoms with E-state index in [-0.39, 0.29) is 11.9 Å². The lowest BCUT2D eigenvalue weighted by molar-refractivity contribution is 0.185. The van der Waals surface area contributed by atoms with Gasteiger partial charge in [0.15, 0.2) is 0 Å². The van der Waals surface area contributed by atoms with Crippen molar-refractivity contribution in [3.63, 3.8) is 0 Å². The van der Waals surface area contributed by atoms with Gasteiger partial charge in [0.1, 0.15) is 5.82 Å². The van der Waals surface area contributed by atoms with Gasteiger partial charge in [0.2, 0.25) is 0 Å². The van der Waals surface area contributed by atoms with Crippen LogP contribution in [0.15, 0.2) is 42.6 Å². The van der Waals surface area contributed by atoms with Crippen LogP contribution in [0.1, 0.15) is 30.6 Å². The molecule has 0 spiro atoms. The fourth-order valence-electron chi connectivity index (χ4n) is 2.11. The quantitative estimate of drug-likeness (QED) is 0.866. The summed E-state index contributed by atoms with van der Waals surface area (Å²) >= 11 is 0. The highest BCUT2D eigenvalue weighted by Crippen LogP contribution is 2.24. The Morgan fingerprint density at radius 1 is 1.25 bits per heavy atom. The summed E-state index contributed by atoms with van der Waals surface area (Å²) in [6.45, 7) is 2.62. The third-order valence-corrected chi connectivity index (χ3v) is 3.16. The molecule has 0 fully saturated rings. The molecule has 0 saturated carbocycles. The van der Waals surface area contributed by atoms with Crippen LogP contribution in [-0.4, -0.2) is 12.1 Å². The number of nitrogens with zero attached hydrogens (tertiary/aromatic N) is 1. The summed E-state index contributed by atoms with van der Waals surface area (Å²) in [6, 6.07) is 11.2. The zero-order valence-corrected chi connectivity index (χ0v) is 11.8. The Labute approximate surface area is 118 Å². The maximum Gasteiger partial charge on any atom is 0.141 e. The number of rotatable bonds is 6. The first kappa shape index (κ1) is 14.5. The topological polar surface area (TPSA) is 34.1 Å². The molecule has 0 saturated heterocycles. The summed E-state index contributed by atoms with van der Waals surface area (Å²) in [5, 5.41) is 3.45. The Morgan fingerprint density at radius 2 is 2.05 bits per heavy atom. The number of ether oxygens (including phenoxy) is 1. The number of aromatic nitrogens is 1. The van der Waals surface area contributed by atoms with E-state index < -0.39 is 0 Å². The molecule has 106 valence electrons. The second kappa shape index (κ2) is 7.01. The molecule has 0 aliphatic carbocycles. The Hall–Kier alpha value is -1.94. The monoisotopic (exact) mass is 274 g/mol. The molecule has 0 aliphatic heterocycles. The first-order chi connectivity index (χ1) is 9.74. The summed E-state index contributed by atoms with van der Waals surface area (Å²) in [5.41, 5.74) is 2.95. The van der Waals surface area contributed by atoms with Gasteiger partial charge in [0, 0.05) is 18.4 Å². The van der Waals surface area contributed by atoms with Crippen LogP contribution < -0.4 is 5.32 Å². The molecule has 0 bridgehead atoms. The summed E-state index contributed by atoms with van der Waals surface area (Å²) in [6.07, 6.45) is 2.11. The van der Waals surface area contributed by atoms with Crippen LogP contribution in [-0.2, 0) is 11.3 Å². The van der Waals surface area contributed by atoms with Gasteiger partial charge in [-0.05, 0) is 24.6 Å². The molecule has 20 heavy (non-hydrogen) atoms. The fraction of sp³-hybridized carbons (Fsp3) is 0.312. The molecular formula is C16H19FN2O. The molecule has 2 rings (SSSR count). The maximum absolute atomic E-state index is 12.9. The van der Waals surface area contributed by atoms with Crippen LogP contribution in [0.2, 0.25) is 0 Å². The Bertz CT molecular complexity index is 542. The molecule has 2 aromatic rings. The largest absolute Gasteiger partial charge is 0.380 e. The lowest BCUT2D eigenvalue weighted by atomic mass is 10.1. The number of methoxy groups -OCH3 is 1. The van der Waals surface area contributed by atoms with Gasteiger partial charge in [-0.25, -0.2) is 4.39 Å². The first-order valence-corrected chi connectivity index (χ1v) is 6.69. The molecule has 0 radical (unpaired) electrons. The predicted octanol–water partition coefficient (Wildman–Crippen LogP) is 3.93. The van der Waals surface area contributed by atoms with Crippen LogP contribution in [0.5, 0.6) is 0 Å². The molecule has 1 N–H and O–H groups in total. The molecule has 1 aromatic carbocycles. The van der Waals surface area contributed by atoms with Crippen molar-refractivity contribution in [1.29, 1.82) is 0 Å². The van der Waals surface area contributed by atoms with Crippen molar-refractivity contribution in [1.82, 2.24) is 4.98 Å². The standard InChI is InChI=1S/C16H19FN2O/c1-3-14(16-9-8-13(17)10-18-16)19-15-7-5-4-6-12(15)11-20-2/h4-10,14,19H,3,11H2,1-2H3. The number of nitrogens with one attached hydrogen (secondary N) is 1. The molecule has 1 unspecified atom stereocenters. The average molecular weight is 274 g/mol. The number of benzene rings is 1. The van der Waals surface area contributed by atoms with Crippen LogP contribution in [0.25, 0.3) is 0 Å². The number of halogens is 1. The summed E-state index contributed by atoms with van der Waals surface area (Å²) in [5.74, 6) is -0.316. The van der Waals surface area contributed by atoms with E-state index in [1.165, 1.54) is 12.3 Å². The van der Waals surface area contributed by atoms with Crippen molar-refractivity contribution in [2.24, 2.45) is 0 Å². The number of anilines is 1. The predicted molar refractivity (Wildman–Crippen MR) is 78.0 cm³/mol. The second-order valence-electron chi connectivity index (χ2n) is 4.60. The summed E-state index contributed by atoms with van der Waals surface area (Å²) in [4.78, 5) is 4.15.